The zero-order valence-electron chi connectivity index (χ0n) is 15.5. The van der Waals surface area contributed by atoms with Gasteiger partial charge in [0, 0.05) is 0 Å². The molecule has 3 N–H and O–H groups in total. The number of ether oxygens (including phenoxy) is 1. The van der Waals surface area contributed by atoms with Crippen LogP contribution >= 0.6 is 0 Å². The van der Waals surface area contributed by atoms with Crippen LogP contribution < -0.4 is 4.74 Å². The molecular formula is C18H26O8S. The van der Waals surface area contributed by atoms with E-state index in [1.807, 2.05) is 0 Å². The first-order valence-corrected chi connectivity index (χ1v) is 10.4. The Morgan fingerprint density at radius 1 is 0.963 bits per heavy atom. The SMILES string of the molecule is CCCCCCCCc1cc(S(=O)(=O)O)c(C(=O)O)c(OCC)c1C(=O)O. The maximum Gasteiger partial charge on any atom is 0.340 e. The van der Waals surface area contributed by atoms with Gasteiger partial charge < -0.3 is 14.9 Å². The van der Waals surface area contributed by atoms with Crippen molar-refractivity contribution in [3.8, 4) is 5.75 Å². The molecule has 9 heteroatoms. The van der Waals surface area contributed by atoms with E-state index in [-0.39, 0.29) is 24.2 Å². The Morgan fingerprint density at radius 2 is 1.52 bits per heavy atom. The number of carbonyl (C=O) groups is 2. The number of hydrogen-bond acceptors (Lipinski definition) is 5. The molecule has 0 unspecified atom stereocenters. The molecule has 8 nitrogen and oxygen atoms in total. The van der Waals surface area contributed by atoms with E-state index >= 15 is 0 Å². The first-order chi connectivity index (χ1) is 12.6. The minimum atomic E-state index is -4.88. The molecule has 0 aliphatic heterocycles. The van der Waals surface area contributed by atoms with E-state index in [4.69, 9.17) is 4.74 Å². The molecule has 0 saturated heterocycles. The van der Waals surface area contributed by atoms with Crippen LogP contribution in [0.3, 0.4) is 0 Å². The predicted octanol–water partition coefficient (Wildman–Crippen LogP) is 3.63. The Morgan fingerprint density at radius 3 is 2.00 bits per heavy atom. The van der Waals surface area contributed by atoms with E-state index < -0.39 is 38.3 Å². The van der Waals surface area contributed by atoms with Crippen LogP contribution in [0.15, 0.2) is 11.0 Å². The number of rotatable bonds is 12. The third-order valence-corrected chi connectivity index (χ3v) is 5.00. The van der Waals surface area contributed by atoms with Crippen molar-refractivity contribution in [1.29, 1.82) is 0 Å². The van der Waals surface area contributed by atoms with E-state index in [9.17, 15) is 32.8 Å². The van der Waals surface area contributed by atoms with Crippen molar-refractivity contribution in [1.82, 2.24) is 0 Å². The molecule has 0 fully saturated rings. The minimum absolute atomic E-state index is 0.0635. The molecule has 0 spiro atoms. The Balaban J connectivity index is 3.42. The quantitative estimate of drug-likeness (QED) is 0.356. The largest absolute Gasteiger partial charge is 0.492 e. The van der Waals surface area contributed by atoms with E-state index in [0.717, 1.165) is 38.2 Å². The summed E-state index contributed by atoms with van der Waals surface area (Å²) in [7, 11) is -4.88. The lowest BCUT2D eigenvalue weighted by Gasteiger charge is -2.17. The lowest BCUT2D eigenvalue weighted by Crippen LogP contribution is -2.17. The molecular weight excluding hydrogens is 376 g/mol. The van der Waals surface area contributed by atoms with Crippen LogP contribution in [-0.4, -0.2) is 41.7 Å². The number of carboxylic acid groups (broad SMARTS) is 2. The van der Waals surface area contributed by atoms with Crippen molar-refractivity contribution in [3.63, 3.8) is 0 Å². The van der Waals surface area contributed by atoms with Crippen molar-refractivity contribution in [2.45, 2.75) is 63.7 Å². The van der Waals surface area contributed by atoms with Crippen molar-refractivity contribution >= 4 is 22.1 Å². The molecule has 0 bridgehead atoms. The number of unbranched alkanes of at least 4 members (excludes halogenated alkanes) is 5. The van der Waals surface area contributed by atoms with Crippen LogP contribution in [0.2, 0.25) is 0 Å². The van der Waals surface area contributed by atoms with Gasteiger partial charge >= 0.3 is 11.9 Å². The molecule has 152 valence electrons. The highest BCUT2D eigenvalue weighted by Gasteiger charge is 2.31. The van der Waals surface area contributed by atoms with E-state index in [2.05, 4.69) is 6.92 Å². The number of carboxylic acids is 2. The summed E-state index contributed by atoms with van der Waals surface area (Å²) in [5, 5.41) is 18.9. The molecule has 1 aromatic rings. The fraction of sp³-hybridized carbons (Fsp3) is 0.556. The predicted molar refractivity (Wildman–Crippen MR) is 98.4 cm³/mol. The van der Waals surface area contributed by atoms with E-state index in [0.29, 0.717) is 6.42 Å². The third kappa shape index (κ3) is 6.21. The lowest BCUT2D eigenvalue weighted by atomic mass is 9.96. The summed E-state index contributed by atoms with van der Waals surface area (Å²) in [4.78, 5) is 22.4. The smallest absolute Gasteiger partial charge is 0.340 e. The number of aryl methyl sites for hydroxylation is 1. The van der Waals surface area contributed by atoms with Crippen LogP contribution in [0, 0.1) is 0 Å². The van der Waals surface area contributed by atoms with Gasteiger partial charge in [0.05, 0.1) is 6.61 Å². The topological polar surface area (TPSA) is 138 Å². The highest BCUT2D eigenvalue weighted by molar-refractivity contribution is 7.86. The molecule has 0 aromatic heterocycles. The molecule has 0 amide bonds. The fourth-order valence-electron chi connectivity index (χ4n) is 2.91. The second-order valence-electron chi connectivity index (χ2n) is 6.15. The number of hydrogen-bond donors (Lipinski definition) is 3. The zero-order valence-corrected chi connectivity index (χ0v) is 16.3. The lowest BCUT2D eigenvalue weighted by molar-refractivity contribution is 0.0684. The van der Waals surface area contributed by atoms with Gasteiger partial charge in [0.25, 0.3) is 10.1 Å². The number of aromatic carboxylic acids is 2. The molecule has 0 aliphatic rings. The van der Waals surface area contributed by atoms with Crippen LogP contribution in [-0.2, 0) is 16.5 Å². The van der Waals surface area contributed by atoms with E-state index in [1.54, 1.807) is 0 Å². The van der Waals surface area contributed by atoms with Gasteiger partial charge in [-0.25, -0.2) is 9.59 Å². The normalized spacial score (nSPS) is 11.4. The van der Waals surface area contributed by atoms with Crippen molar-refractivity contribution in [3.05, 3.63) is 22.8 Å². The van der Waals surface area contributed by atoms with Crippen LogP contribution in [0.4, 0.5) is 0 Å². The van der Waals surface area contributed by atoms with Gasteiger partial charge in [-0.1, -0.05) is 39.0 Å². The van der Waals surface area contributed by atoms with Crippen LogP contribution in [0.1, 0.15) is 78.7 Å². The Hall–Kier alpha value is -2.13. The first kappa shape index (κ1) is 22.9. The molecule has 0 heterocycles. The second kappa shape index (κ2) is 10.3. The molecule has 27 heavy (non-hydrogen) atoms. The third-order valence-electron chi connectivity index (χ3n) is 4.12. The average molecular weight is 402 g/mol. The van der Waals surface area contributed by atoms with Crippen LogP contribution in [0.5, 0.6) is 5.75 Å². The van der Waals surface area contributed by atoms with Crippen LogP contribution in [0.25, 0.3) is 0 Å². The van der Waals surface area contributed by atoms with Gasteiger partial charge in [0.15, 0.2) is 0 Å². The molecule has 0 radical (unpaired) electrons. The Bertz CT molecular complexity index is 783. The standard InChI is InChI=1S/C18H26O8S/c1-3-5-6-7-8-9-10-12-11-13(27(23,24)25)15(18(21)22)16(26-4-2)14(12)17(19)20/h11H,3-10H2,1-2H3,(H,19,20)(H,21,22)(H,23,24,25). The summed E-state index contributed by atoms with van der Waals surface area (Å²) >= 11 is 0. The Kier molecular flexibility index (Phi) is 8.71. The molecule has 0 aliphatic carbocycles. The maximum absolute atomic E-state index is 11.7. The van der Waals surface area contributed by atoms with Gasteiger partial charge in [-0.3, -0.25) is 4.55 Å². The van der Waals surface area contributed by atoms with Gasteiger partial charge in [-0.2, -0.15) is 8.42 Å². The van der Waals surface area contributed by atoms with Crippen molar-refractivity contribution in [2.75, 3.05) is 6.61 Å². The van der Waals surface area contributed by atoms with Gasteiger partial charge in [0.2, 0.25) is 0 Å². The molecule has 0 saturated carbocycles. The molecule has 1 rings (SSSR count). The molecule has 1 aromatic carbocycles. The highest BCUT2D eigenvalue weighted by Crippen LogP contribution is 2.34. The number of benzene rings is 1. The summed E-state index contributed by atoms with van der Waals surface area (Å²) in [6, 6.07) is 0.927. The average Bonchev–Trinajstić information content (AvgIpc) is 2.56. The minimum Gasteiger partial charge on any atom is -0.492 e. The summed E-state index contributed by atoms with van der Waals surface area (Å²) < 4.78 is 38.0. The first-order valence-electron chi connectivity index (χ1n) is 8.91. The highest BCUT2D eigenvalue weighted by atomic mass is 32.2. The maximum atomic E-state index is 11.7. The zero-order chi connectivity index (χ0) is 20.6. The monoisotopic (exact) mass is 402 g/mol. The summed E-state index contributed by atoms with van der Waals surface area (Å²) in [5.74, 6) is -3.66. The summed E-state index contributed by atoms with van der Waals surface area (Å²) in [6.45, 7) is 3.55. The summed E-state index contributed by atoms with van der Waals surface area (Å²) in [5.41, 5.74) is -1.13. The van der Waals surface area contributed by atoms with E-state index in [1.165, 1.54) is 6.92 Å². The van der Waals surface area contributed by atoms with Gasteiger partial charge in [0.1, 0.15) is 21.8 Å². The van der Waals surface area contributed by atoms with Crippen molar-refractivity contribution in [2.24, 2.45) is 0 Å². The molecule has 0 atom stereocenters. The fourth-order valence-corrected chi connectivity index (χ4v) is 3.64. The Labute approximate surface area is 158 Å². The second-order valence-corrected chi connectivity index (χ2v) is 7.54. The van der Waals surface area contributed by atoms with Gasteiger partial charge in [-0.05, 0) is 31.4 Å². The van der Waals surface area contributed by atoms with Crippen molar-refractivity contribution < 1.29 is 37.5 Å². The van der Waals surface area contributed by atoms with Gasteiger partial charge in [-0.15, -0.1) is 0 Å². The summed E-state index contributed by atoms with van der Waals surface area (Å²) in [6.07, 6.45) is 5.88.